The van der Waals surface area contributed by atoms with Gasteiger partial charge in [-0.25, -0.2) is 0 Å². The number of pyridine rings is 1. The van der Waals surface area contributed by atoms with Crippen LogP contribution in [-0.4, -0.2) is 29.9 Å². The van der Waals surface area contributed by atoms with Gasteiger partial charge in [0.05, 0.1) is 30.5 Å². The number of hydrogen-bond donors (Lipinski definition) is 0. The van der Waals surface area contributed by atoms with Crippen molar-refractivity contribution in [3.05, 3.63) is 59.4 Å². The predicted octanol–water partition coefficient (Wildman–Crippen LogP) is 2.23. The van der Waals surface area contributed by atoms with E-state index in [0.717, 1.165) is 5.56 Å². The van der Waals surface area contributed by atoms with E-state index in [-0.39, 0.29) is 5.91 Å². The van der Waals surface area contributed by atoms with Gasteiger partial charge in [-0.1, -0.05) is 12.1 Å². The van der Waals surface area contributed by atoms with Crippen LogP contribution in [0, 0.1) is 11.3 Å². The minimum absolute atomic E-state index is 0.156. The quantitative estimate of drug-likeness (QED) is 0.862. The minimum Gasteiger partial charge on any atom is -0.494 e. The molecule has 0 aliphatic carbocycles. The van der Waals surface area contributed by atoms with Crippen LogP contribution in [0.5, 0.6) is 5.75 Å². The summed E-state index contributed by atoms with van der Waals surface area (Å²) in [4.78, 5) is 17.9. The number of amides is 1. The first-order valence-electron chi connectivity index (χ1n) is 6.38. The Morgan fingerprint density at radius 2 is 2.24 bits per heavy atom. The number of aromatic nitrogens is 1. The third kappa shape index (κ3) is 3.37. The van der Waals surface area contributed by atoms with Gasteiger partial charge >= 0.3 is 0 Å². The summed E-state index contributed by atoms with van der Waals surface area (Å²) in [6.07, 6.45) is 3.07. The Balaban J connectivity index is 2.18. The molecule has 0 spiro atoms. The molecule has 0 fully saturated rings. The topological polar surface area (TPSA) is 66.2 Å². The zero-order chi connectivity index (χ0) is 15.2. The second-order valence-corrected chi connectivity index (χ2v) is 4.55. The molecule has 0 saturated carbocycles. The second-order valence-electron chi connectivity index (χ2n) is 4.55. The molecule has 0 bridgehead atoms. The molecule has 5 heteroatoms. The van der Waals surface area contributed by atoms with Gasteiger partial charge in [-0.05, 0) is 23.8 Å². The van der Waals surface area contributed by atoms with E-state index < -0.39 is 0 Å². The standard InChI is InChI=1S/C16H15N3O2/c1-19(11-13-5-3-4-12(8-13)9-17)16(20)14-6-7-18-10-15(14)21-2/h3-8,10H,11H2,1-2H3. The molecule has 2 rings (SSSR count). The molecule has 1 aromatic heterocycles. The molecule has 0 saturated heterocycles. The fraction of sp³-hybridized carbons (Fsp3) is 0.188. The number of nitriles is 1. The van der Waals surface area contributed by atoms with Crippen LogP contribution >= 0.6 is 0 Å². The van der Waals surface area contributed by atoms with Crippen LogP contribution in [0.15, 0.2) is 42.7 Å². The summed E-state index contributed by atoms with van der Waals surface area (Å²) in [5.41, 5.74) is 1.94. The molecule has 0 aliphatic heterocycles. The van der Waals surface area contributed by atoms with Gasteiger partial charge in [0.25, 0.3) is 5.91 Å². The lowest BCUT2D eigenvalue weighted by molar-refractivity contribution is 0.0781. The number of methoxy groups -OCH3 is 1. The van der Waals surface area contributed by atoms with Crippen LogP contribution in [0.4, 0.5) is 0 Å². The van der Waals surface area contributed by atoms with E-state index in [1.54, 1.807) is 42.4 Å². The number of nitrogens with zero attached hydrogens (tertiary/aromatic N) is 3. The van der Waals surface area contributed by atoms with E-state index in [9.17, 15) is 4.79 Å². The van der Waals surface area contributed by atoms with E-state index in [1.165, 1.54) is 13.3 Å². The second kappa shape index (κ2) is 6.53. The largest absolute Gasteiger partial charge is 0.494 e. The lowest BCUT2D eigenvalue weighted by Gasteiger charge is -2.18. The van der Waals surface area contributed by atoms with Gasteiger partial charge in [-0.3, -0.25) is 9.78 Å². The van der Waals surface area contributed by atoms with Crippen LogP contribution in [0.3, 0.4) is 0 Å². The van der Waals surface area contributed by atoms with E-state index in [0.29, 0.717) is 23.4 Å². The SMILES string of the molecule is COc1cnccc1C(=O)N(C)Cc1cccc(C#N)c1. The minimum atomic E-state index is -0.156. The summed E-state index contributed by atoms with van der Waals surface area (Å²) in [7, 11) is 3.21. The van der Waals surface area contributed by atoms with Crippen molar-refractivity contribution in [3.63, 3.8) is 0 Å². The third-order valence-corrected chi connectivity index (χ3v) is 3.06. The Bertz CT molecular complexity index is 692. The van der Waals surface area contributed by atoms with Gasteiger partial charge in [0.1, 0.15) is 5.75 Å². The van der Waals surface area contributed by atoms with Gasteiger partial charge in [-0.15, -0.1) is 0 Å². The average molecular weight is 281 g/mol. The van der Waals surface area contributed by atoms with Crippen LogP contribution in [0.25, 0.3) is 0 Å². The molecular weight excluding hydrogens is 266 g/mol. The van der Waals surface area contributed by atoms with Crippen molar-refractivity contribution in [1.29, 1.82) is 5.26 Å². The van der Waals surface area contributed by atoms with Crippen molar-refractivity contribution >= 4 is 5.91 Å². The maximum absolute atomic E-state index is 12.4. The maximum Gasteiger partial charge on any atom is 0.257 e. The molecule has 1 amide bonds. The Hall–Kier alpha value is -2.87. The smallest absolute Gasteiger partial charge is 0.257 e. The summed E-state index contributed by atoms with van der Waals surface area (Å²) >= 11 is 0. The molecule has 2 aromatic rings. The lowest BCUT2D eigenvalue weighted by Crippen LogP contribution is -2.26. The molecule has 0 N–H and O–H groups in total. The van der Waals surface area contributed by atoms with Gasteiger partial charge in [0, 0.05) is 19.8 Å². The number of carbonyl (C=O) groups is 1. The highest BCUT2D eigenvalue weighted by Gasteiger charge is 2.16. The third-order valence-electron chi connectivity index (χ3n) is 3.06. The van der Waals surface area contributed by atoms with E-state index in [2.05, 4.69) is 11.1 Å². The number of rotatable bonds is 4. The van der Waals surface area contributed by atoms with Gasteiger partial charge in [0.15, 0.2) is 0 Å². The number of ether oxygens (including phenoxy) is 1. The fourth-order valence-electron chi connectivity index (χ4n) is 2.01. The Morgan fingerprint density at radius 3 is 2.95 bits per heavy atom. The van der Waals surface area contributed by atoms with E-state index >= 15 is 0 Å². The van der Waals surface area contributed by atoms with Gasteiger partial charge < -0.3 is 9.64 Å². The predicted molar refractivity (Wildman–Crippen MR) is 77.7 cm³/mol. The van der Waals surface area contributed by atoms with Crippen molar-refractivity contribution in [3.8, 4) is 11.8 Å². The Labute approximate surface area is 123 Å². The normalized spacial score (nSPS) is 9.76. The van der Waals surface area contributed by atoms with Crippen molar-refractivity contribution < 1.29 is 9.53 Å². The number of benzene rings is 1. The van der Waals surface area contributed by atoms with Gasteiger partial charge in [0.2, 0.25) is 0 Å². The van der Waals surface area contributed by atoms with Crippen LogP contribution < -0.4 is 4.74 Å². The van der Waals surface area contributed by atoms with Crippen LogP contribution in [0.2, 0.25) is 0 Å². The van der Waals surface area contributed by atoms with Crippen LogP contribution in [-0.2, 0) is 6.54 Å². The Kier molecular flexibility index (Phi) is 4.52. The van der Waals surface area contributed by atoms with Crippen molar-refractivity contribution in [2.75, 3.05) is 14.2 Å². The summed E-state index contributed by atoms with van der Waals surface area (Å²) in [5, 5.41) is 8.90. The highest BCUT2D eigenvalue weighted by molar-refractivity contribution is 5.96. The van der Waals surface area contributed by atoms with Crippen LogP contribution in [0.1, 0.15) is 21.5 Å². The zero-order valence-corrected chi connectivity index (χ0v) is 11.9. The number of carbonyl (C=O) groups excluding carboxylic acids is 1. The lowest BCUT2D eigenvalue weighted by atomic mass is 10.1. The number of hydrogen-bond acceptors (Lipinski definition) is 4. The average Bonchev–Trinajstić information content (AvgIpc) is 2.54. The monoisotopic (exact) mass is 281 g/mol. The molecular formula is C16H15N3O2. The summed E-state index contributed by atoms with van der Waals surface area (Å²) < 4.78 is 5.15. The molecule has 1 heterocycles. The first-order chi connectivity index (χ1) is 10.2. The summed E-state index contributed by atoms with van der Waals surface area (Å²) in [6.45, 7) is 0.416. The summed E-state index contributed by atoms with van der Waals surface area (Å²) in [5.74, 6) is 0.289. The van der Waals surface area contributed by atoms with Crippen molar-refractivity contribution in [2.45, 2.75) is 6.54 Å². The fourth-order valence-corrected chi connectivity index (χ4v) is 2.01. The molecule has 0 unspecified atom stereocenters. The first kappa shape index (κ1) is 14.5. The van der Waals surface area contributed by atoms with Crippen molar-refractivity contribution in [2.24, 2.45) is 0 Å². The molecule has 106 valence electrons. The highest BCUT2D eigenvalue weighted by atomic mass is 16.5. The molecule has 0 aliphatic rings. The van der Waals surface area contributed by atoms with E-state index in [4.69, 9.17) is 10.00 Å². The Morgan fingerprint density at radius 1 is 1.43 bits per heavy atom. The summed E-state index contributed by atoms with van der Waals surface area (Å²) in [6, 6.07) is 10.9. The molecule has 21 heavy (non-hydrogen) atoms. The first-order valence-corrected chi connectivity index (χ1v) is 6.38. The highest BCUT2D eigenvalue weighted by Crippen LogP contribution is 2.18. The molecule has 1 aromatic carbocycles. The molecule has 5 nitrogen and oxygen atoms in total. The van der Waals surface area contributed by atoms with Crippen molar-refractivity contribution in [1.82, 2.24) is 9.88 Å². The van der Waals surface area contributed by atoms with Gasteiger partial charge in [-0.2, -0.15) is 5.26 Å². The molecule has 0 atom stereocenters. The zero-order valence-electron chi connectivity index (χ0n) is 11.9. The maximum atomic E-state index is 12.4. The van der Waals surface area contributed by atoms with E-state index in [1.807, 2.05) is 6.07 Å². The molecule has 0 radical (unpaired) electrons.